The van der Waals surface area contributed by atoms with Crippen molar-refractivity contribution in [2.24, 2.45) is 5.41 Å². The zero-order valence-electron chi connectivity index (χ0n) is 11.7. The Morgan fingerprint density at radius 1 is 1.17 bits per heavy atom. The minimum Gasteiger partial charge on any atom is -0.313 e. The number of nitrogens with one attached hydrogen (secondary N) is 1. The molecular formula is C15H23Cl2N. The lowest BCUT2D eigenvalue weighted by Gasteiger charge is -2.34. The molecule has 0 heterocycles. The Balaban J connectivity index is 2.86. The molecule has 1 atom stereocenters. The second kappa shape index (κ2) is 6.79. The first kappa shape index (κ1) is 15.8. The van der Waals surface area contributed by atoms with Gasteiger partial charge in [0.2, 0.25) is 0 Å². The molecule has 0 saturated heterocycles. The van der Waals surface area contributed by atoms with E-state index in [9.17, 15) is 0 Å². The largest absolute Gasteiger partial charge is 0.313 e. The Bertz CT molecular complexity index is 388. The molecule has 0 spiro atoms. The maximum Gasteiger partial charge on any atom is 0.0595 e. The lowest BCUT2D eigenvalue weighted by Crippen LogP contribution is -2.43. The molecule has 1 rings (SSSR count). The predicted octanol–water partition coefficient (Wildman–Crippen LogP) is 4.95. The van der Waals surface area contributed by atoms with E-state index in [4.69, 9.17) is 23.2 Å². The predicted molar refractivity (Wildman–Crippen MR) is 81.7 cm³/mol. The van der Waals surface area contributed by atoms with Crippen LogP contribution in [-0.2, 0) is 6.42 Å². The SMILES string of the molecule is CCNC(Cc1ccc(Cl)c(Cl)c1)C(C)(C)CC. The van der Waals surface area contributed by atoms with Crippen LogP contribution in [0.15, 0.2) is 18.2 Å². The highest BCUT2D eigenvalue weighted by Gasteiger charge is 2.27. The third-order valence-corrected chi connectivity index (χ3v) is 4.47. The van der Waals surface area contributed by atoms with Crippen LogP contribution in [0.25, 0.3) is 0 Å². The second-order valence-electron chi connectivity index (χ2n) is 5.40. The first-order valence-corrected chi connectivity index (χ1v) is 7.33. The fourth-order valence-electron chi connectivity index (χ4n) is 2.02. The van der Waals surface area contributed by atoms with E-state index in [1.165, 1.54) is 5.56 Å². The van der Waals surface area contributed by atoms with Crippen LogP contribution >= 0.6 is 23.2 Å². The van der Waals surface area contributed by atoms with Crippen molar-refractivity contribution in [3.63, 3.8) is 0 Å². The molecule has 0 aliphatic heterocycles. The monoisotopic (exact) mass is 287 g/mol. The lowest BCUT2D eigenvalue weighted by atomic mass is 9.79. The minimum absolute atomic E-state index is 0.266. The van der Waals surface area contributed by atoms with Crippen molar-refractivity contribution in [2.75, 3.05) is 6.54 Å². The van der Waals surface area contributed by atoms with E-state index in [0.717, 1.165) is 19.4 Å². The van der Waals surface area contributed by atoms with E-state index in [0.29, 0.717) is 16.1 Å². The number of hydrogen-bond donors (Lipinski definition) is 1. The number of hydrogen-bond acceptors (Lipinski definition) is 1. The lowest BCUT2D eigenvalue weighted by molar-refractivity contribution is 0.233. The van der Waals surface area contributed by atoms with E-state index >= 15 is 0 Å². The molecule has 3 heteroatoms. The van der Waals surface area contributed by atoms with Crippen LogP contribution in [0.5, 0.6) is 0 Å². The summed E-state index contributed by atoms with van der Waals surface area (Å²) in [7, 11) is 0. The summed E-state index contributed by atoms with van der Waals surface area (Å²) < 4.78 is 0. The molecule has 1 N–H and O–H groups in total. The van der Waals surface area contributed by atoms with Gasteiger partial charge in [-0.1, -0.05) is 57.0 Å². The van der Waals surface area contributed by atoms with Gasteiger partial charge in [0.25, 0.3) is 0 Å². The molecule has 1 aromatic rings. The van der Waals surface area contributed by atoms with Crippen molar-refractivity contribution in [1.82, 2.24) is 5.32 Å². The zero-order chi connectivity index (χ0) is 13.8. The van der Waals surface area contributed by atoms with Gasteiger partial charge < -0.3 is 5.32 Å². The normalized spacial score (nSPS) is 13.7. The average Bonchev–Trinajstić information content (AvgIpc) is 2.33. The summed E-state index contributed by atoms with van der Waals surface area (Å²) in [6.45, 7) is 9.97. The van der Waals surface area contributed by atoms with E-state index in [2.05, 4.69) is 39.1 Å². The Labute approximate surface area is 121 Å². The van der Waals surface area contributed by atoms with Crippen molar-refractivity contribution in [3.8, 4) is 0 Å². The maximum atomic E-state index is 6.07. The van der Waals surface area contributed by atoms with Gasteiger partial charge in [0, 0.05) is 6.04 Å². The highest BCUT2D eigenvalue weighted by Crippen LogP contribution is 2.29. The minimum atomic E-state index is 0.266. The fourth-order valence-corrected chi connectivity index (χ4v) is 2.34. The van der Waals surface area contributed by atoms with Gasteiger partial charge in [0.1, 0.15) is 0 Å². The van der Waals surface area contributed by atoms with Crippen LogP contribution in [0.3, 0.4) is 0 Å². The van der Waals surface area contributed by atoms with Crippen LogP contribution < -0.4 is 5.32 Å². The van der Waals surface area contributed by atoms with Crippen molar-refractivity contribution < 1.29 is 0 Å². The summed E-state index contributed by atoms with van der Waals surface area (Å²) in [5, 5.41) is 4.84. The Morgan fingerprint density at radius 3 is 2.33 bits per heavy atom. The van der Waals surface area contributed by atoms with Gasteiger partial charge in [-0.15, -0.1) is 0 Å². The van der Waals surface area contributed by atoms with Gasteiger partial charge in [-0.05, 0) is 42.5 Å². The van der Waals surface area contributed by atoms with E-state index < -0.39 is 0 Å². The van der Waals surface area contributed by atoms with Crippen LogP contribution in [0.4, 0.5) is 0 Å². The van der Waals surface area contributed by atoms with Crippen molar-refractivity contribution in [2.45, 2.75) is 46.6 Å². The van der Waals surface area contributed by atoms with Gasteiger partial charge in [-0.3, -0.25) is 0 Å². The van der Waals surface area contributed by atoms with Crippen molar-refractivity contribution in [3.05, 3.63) is 33.8 Å². The molecule has 0 radical (unpaired) electrons. The van der Waals surface area contributed by atoms with Gasteiger partial charge in [-0.25, -0.2) is 0 Å². The first-order valence-electron chi connectivity index (χ1n) is 6.58. The van der Waals surface area contributed by atoms with Gasteiger partial charge in [0.15, 0.2) is 0 Å². The molecule has 0 bridgehead atoms. The van der Waals surface area contributed by atoms with Crippen molar-refractivity contribution >= 4 is 23.2 Å². The Hall–Kier alpha value is -0.240. The summed E-state index contributed by atoms with van der Waals surface area (Å²) in [6, 6.07) is 6.36. The molecule has 0 aliphatic rings. The van der Waals surface area contributed by atoms with Crippen molar-refractivity contribution in [1.29, 1.82) is 0 Å². The van der Waals surface area contributed by atoms with Gasteiger partial charge in [0.05, 0.1) is 10.0 Å². The molecule has 0 amide bonds. The highest BCUT2D eigenvalue weighted by atomic mass is 35.5. The summed E-state index contributed by atoms with van der Waals surface area (Å²) >= 11 is 12.0. The van der Waals surface area contributed by atoms with Crippen LogP contribution in [0.2, 0.25) is 10.0 Å². The molecule has 1 nitrogen and oxygen atoms in total. The van der Waals surface area contributed by atoms with Gasteiger partial charge in [-0.2, -0.15) is 0 Å². The quantitative estimate of drug-likeness (QED) is 0.781. The number of likely N-dealkylation sites (N-methyl/N-ethyl adjacent to an activating group) is 1. The molecule has 0 fully saturated rings. The molecule has 0 aromatic heterocycles. The topological polar surface area (TPSA) is 12.0 Å². The Kier molecular flexibility index (Phi) is 5.97. The van der Waals surface area contributed by atoms with Crippen LogP contribution in [0.1, 0.15) is 39.7 Å². The average molecular weight is 288 g/mol. The molecule has 1 unspecified atom stereocenters. The third kappa shape index (κ3) is 4.15. The molecular weight excluding hydrogens is 265 g/mol. The van der Waals surface area contributed by atoms with Gasteiger partial charge >= 0.3 is 0 Å². The van der Waals surface area contributed by atoms with E-state index in [1.54, 1.807) is 0 Å². The summed E-state index contributed by atoms with van der Waals surface area (Å²) in [4.78, 5) is 0. The summed E-state index contributed by atoms with van der Waals surface area (Å²) in [5.74, 6) is 0. The number of halogens is 2. The van der Waals surface area contributed by atoms with Crippen LogP contribution in [0, 0.1) is 5.41 Å². The third-order valence-electron chi connectivity index (χ3n) is 3.73. The first-order chi connectivity index (χ1) is 8.40. The molecule has 0 saturated carbocycles. The standard InChI is InChI=1S/C15H23Cl2N/c1-5-15(3,4)14(18-6-2)10-11-7-8-12(16)13(17)9-11/h7-9,14,18H,5-6,10H2,1-4H3. The fraction of sp³-hybridized carbons (Fsp3) is 0.600. The number of benzene rings is 1. The zero-order valence-corrected chi connectivity index (χ0v) is 13.2. The summed E-state index contributed by atoms with van der Waals surface area (Å²) in [5.41, 5.74) is 1.50. The van der Waals surface area contributed by atoms with E-state index in [1.807, 2.05) is 12.1 Å². The Morgan fingerprint density at radius 2 is 1.83 bits per heavy atom. The molecule has 0 aliphatic carbocycles. The molecule has 18 heavy (non-hydrogen) atoms. The van der Waals surface area contributed by atoms with E-state index in [-0.39, 0.29) is 5.41 Å². The smallest absolute Gasteiger partial charge is 0.0595 e. The molecule has 102 valence electrons. The second-order valence-corrected chi connectivity index (χ2v) is 6.22. The van der Waals surface area contributed by atoms with Crippen LogP contribution in [-0.4, -0.2) is 12.6 Å². The summed E-state index contributed by atoms with van der Waals surface area (Å²) in [6.07, 6.45) is 2.12. The molecule has 1 aromatic carbocycles. The maximum absolute atomic E-state index is 6.07. The number of rotatable bonds is 6. The highest BCUT2D eigenvalue weighted by molar-refractivity contribution is 6.42.